The summed E-state index contributed by atoms with van der Waals surface area (Å²) in [6, 6.07) is 8.80. The lowest BCUT2D eigenvalue weighted by atomic mass is 10.2. The molecule has 0 spiro atoms. The zero-order chi connectivity index (χ0) is 16.6. The molecule has 8 heteroatoms. The van der Waals surface area contributed by atoms with E-state index in [1.807, 2.05) is 12.1 Å². The van der Waals surface area contributed by atoms with E-state index in [1.165, 1.54) is 12.0 Å². The molecular formula is C15H15FN2O4S. The monoisotopic (exact) mass is 338 g/mol. The van der Waals surface area contributed by atoms with Crippen LogP contribution in [0.4, 0.5) is 9.57 Å². The molecule has 0 saturated carbocycles. The summed E-state index contributed by atoms with van der Waals surface area (Å²) >= 11 is 0. The number of ether oxygens (including phenoxy) is 1. The van der Waals surface area contributed by atoms with Crippen LogP contribution in [0.5, 0.6) is 5.75 Å². The van der Waals surface area contributed by atoms with Gasteiger partial charge in [0.1, 0.15) is 11.0 Å². The second-order valence-electron chi connectivity index (χ2n) is 5.25. The highest BCUT2D eigenvalue weighted by Gasteiger charge is 2.40. The number of anilines is 1. The minimum absolute atomic E-state index is 0.209. The molecule has 1 aliphatic heterocycles. The Morgan fingerprint density at radius 1 is 1.22 bits per heavy atom. The first-order valence-corrected chi connectivity index (χ1v) is 8.40. The van der Waals surface area contributed by atoms with Crippen molar-refractivity contribution in [1.29, 1.82) is 0 Å². The van der Waals surface area contributed by atoms with Gasteiger partial charge in [-0.3, -0.25) is 4.79 Å². The van der Waals surface area contributed by atoms with Crippen LogP contribution in [0.15, 0.2) is 42.7 Å². The molecular weight excluding hydrogens is 323 g/mol. The predicted octanol–water partition coefficient (Wildman–Crippen LogP) is 1.89. The Morgan fingerprint density at radius 3 is 2.48 bits per heavy atom. The zero-order valence-corrected chi connectivity index (χ0v) is 13.2. The number of carbonyl (C=O) groups is 1. The molecule has 0 aliphatic carbocycles. The summed E-state index contributed by atoms with van der Waals surface area (Å²) in [5.41, 5.74) is 1.16. The number of hydrogen-bond acceptors (Lipinski definition) is 4. The number of methoxy groups -OCH3 is 1. The molecule has 23 heavy (non-hydrogen) atoms. The van der Waals surface area contributed by atoms with Gasteiger partial charge in [-0.05, 0) is 24.3 Å². The molecule has 0 radical (unpaired) electrons. The number of aromatic nitrogens is 1. The molecule has 0 N–H and O–H groups in total. The summed E-state index contributed by atoms with van der Waals surface area (Å²) in [6.45, 7) is -0.209. The van der Waals surface area contributed by atoms with Crippen LogP contribution in [0.2, 0.25) is 0 Å². The first kappa shape index (κ1) is 15.5. The Morgan fingerprint density at radius 2 is 1.91 bits per heavy atom. The van der Waals surface area contributed by atoms with Crippen molar-refractivity contribution in [2.75, 3.05) is 18.6 Å². The first-order valence-electron chi connectivity index (χ1n) is 6.95. The van der Waals surface area contributed by atoms with Gasteiger partial charge in [0, 0.05) is 31.4 Å². The van der Waals surface area contributed by atoms with Crippen molar-refractivity contribution < 1.29 is 21.8 Å². The molecule has 1 atom stereocenters. The lowest BCUT2D eigenvalue weighted by Gasteiger charge is -2.21. The second-order valence-corrected chi connectivity index (χ2v) is 6.87. The van der Waals surface area contributed by atoms with E-state index in [0.717, 1.165) is 0 Å². The van der Waals surface area contributed by atoms with Gasteiger partial charge in [0.2, 0.25) is 5.91 Å². The van der Waals surface area contributed by atoms with E-state index in [1.54, 1.807) is 35.2 Å². The van der Waals surface area contributed by atoms with Crippen molar-refractivity contribution in [2.24, 2.45) is 0 Å². The molecule has 1 saturated heterocycles. The Bertz CT molecular complexity index is 833. The van der Waals surface area contributed by atoms with Gasteiger partial charge in [0.05, 0.1) is 18.5 Å². The minimum Gasteiger partial charge on any atom is -0.497 e. The van der Waals surface area contributed by atoms with Crippen molar-refractivity contribution in [3.05, 3.63) is 42.7 Å². The van der Waals surface area contributed by atoms with E-state index in [9.17, 15) is 17.1 Å². The minimum atomic E-state index is -4.76. The van der Waals surface area contributed by atoms with Crippen LogP contribution in [-0.4, -0.2) is 37.8 Å². The van der Waals surface area contributed by atoms with E-state index in [2.05, 4.69) is 0 Å². The highest BCUT2D eigenvalue weighted by atomic mass is 32.3. The van der Waals surface area contributed by atoms with Crippen LogP contribution in [0, 0.1) is 0 Å². The van der Waals surface area contributed by atoms with Crippen molar-refractivity contribution in [3.8, 4) is 11.4 Å². The summed E-state index contributed by atoms with van der Waals surface area (Å²) < 4.78 is 42.4. The maximum atomic E-state index is 13.2. The van der Waals surface area contributed by atoms with Gasteiger partial charge < -0.3 is 14.2 Å². The standard InChI is InChI=1S/C15H15FN2O4S/c1-22-11-4-5-13(17-6-2-3-7-17)14(8-11)18-10-12(9-15(18)19)23(16,20)21/h2-8,12H,9-10H2,1H3. The molecule has 0 bridgehead atoms. The number of rotatable bonds is 4. The molecule has 6 nitrogen and oxygen atoms in total. The van der Waals surface area contributed by atoms with Crippen LogP contribution in [0.1, 0.15) is 6.42 Å². The molecule has 1 unspecified atom stereocenters. The fourth-order valence-corrected chi connectivity index (χ4v) is 3.32. The van der Waals surface area contributed by atoms with E-state index in [4.69, 9.17) is 4.74 Å². The van der Waals surface area contributed by atoms with Gasteiger partial charge in [-0.1, -0.05) is 0 Å². The Kier molecular flexibility index (Phi) is 3.85. The van der Waals surface area contributed by atoms with Crippen LogP contribution in [-0.2, 0) is 15.0 Å². The molecule has 2 heterocycles. The normalized spacial score (nSPS) is 18.4. The lowest BCUT2D eigenvalue weighted by Crippen LogP contribution is -2.28. The molecule has 1 fully saturated rings. The molecule has 1 amide bonds. The van der Waals surface area contributed by atoms with Crippen LogP contribution in [0.3, 0.4) is 0 Å². The number of amides is 1. The van der Waals surface area contributed by atoms with Gasteiger partial charge in [-0.25, -0.2) is 0 Å². The van der Waals surface area contributed by atoms with E-state index < -0.39 is 21.4 Å². The third-order valence-electron chi connectivity index (χ3n) is 3.84. The number of carbonyl (C=O) groups excluding carboxylic acids is 1. The average Bonchev–Trinajstić information content (AvgIpc) is 3.15. The van der Waals surface area contributed by atoms with Crippen LogP contribution in [0.25, 0.3) is 5.69 Å². The summed E-state index contributed by atoms with van der Waals surface area (Å²) in [4.78, 5) is 13.5. The number of benzene rings is 1. The molecule has 2 aromatic rings. The third kappa shape index (κ3) is 2.94. The average molecular weight is 338 g/mol. The van der Waals surface area contributed by atoms with Gasteiger partial charge in [0.15, 0.2) is 0 Å². The van der Waals surface area contributed by atoms with Crippen molar-refractivity contribution in [3.63, 3.8) is 0 Å². The smallest absolute Gasteiger partial charge is 0.307 e. The molecule has 1 aromatic carbocycles. The maximum Gasteiger partial charge on any atom is 0.307 e. The Hall–Kier alpha value is -2.35. The highest BCUT2D eigenvalue weighted by molar-refractivity contribution is 7.87. The predicted molar refractivity (Wildman–Crippen MR) is 83.1 cm³/mol. The van der Waals surface area contributed by atoms with E-state index in [-0.39, 0.29) is 13.0 Å². The van der Waals surface area contributed by atoms with Gasteiger partial charge in [0.25, 0.3) is 0 Å². The van der Waals surface area contributed by atoms with E-state index in [0.29, 0.717) is 17.1 Å². The molecule has 122 valence electrons. The van der Waals surface area contributed by atoms with Crippen LogP contribution >= 0.6 is 0 Å². The molecule has 3 rings (SSSR count). The number of nitrogens with zero attached hydrogens (tertiary/aromatic N) is 2. The summed E-state index contributed by atoms with van der Waals surface area (Å²) in [7, 11) is -3.26. The van der Waals surface area contributed by atoms with Gasteiger partial charge in [-0.15, -0.1) is 3.89 Å². The molecule has 1 aromatic heterocycles. The van der Waals surface area contributed by atoms with Crippen molar-refractivity contribution in [1.82, 2.24) is 4.57 Å². The van der Waals surface area contributed by atoms with Gasteiger partial charge in [-0.2, -0.15) is 8.42 Å². The first-order chi connectivity index (χ1) is 10.9. The largest absolute Gasteiger partial charge is 0.497 e. The quantitative estimate of drug-likeness (QED) is 0.799. The number of halogens is 1. The number of hydrogen-bond donors (Lipinski definition) is 0. The topological polar surface area (TPSA) is 68.6 Å². The third-order valence-corrected chi connectivity index (χ3v) is 4.96. The Labute approximate surface area is 133 Å². The highest BCUT2D eigenvalue weighted by Crippen LogP contribution is 2.33. The van der Waals surface area contributed by atoms with Crippen molar-refractivity contribution >= 4 is 21.8 Å². The van der Waals surface area contributed by atoms with E-state index >= 15 is 0 Å². The molecule has 1 aliphatic rings. The SMILES string of the molecule is COc1ccc(-n2cccc2)c(N2CC(S(=O)(=O)F)CC2=O)c1. The summed E-state index contributed by atoms with van der Waals surface area (Å²) in [5.74, 6) is 0.0909. The van der Waals surface area contributed by atoms with Crippen LogP contribution < -0.4 is 9.64 Å². The fraction of sp³-hybridized carbons (Fsp3) is 0.267. The van der Waals surface area contributed by atoms with Gasteiger partial charge >= 0.3 is 10.2 Å². The summed E-state index contributed by atoms with van der Waals surface area (Å²) in [6.07, 6.45) is 3.24. The second kappa shape index (κ2) is 5.69. The summed E-state index contributed by atoms with van der Waals surface area (Å²) in [5, 5.41) is -1.33. The lowest BCUT2D eigenvalue weighted by molar-refractivity contribution is -0.117. The maximum absolute atomic E-state index is 13.2. The Balaban J connectivity index is 2.06. The van der Waals surface area contributed by atoms with Crippen molar-refractivity contribution in [2.45, 2.75) is 11.7 Å². The zero-order valence-electron chi connectivity index (χ0n) is 12.3. The fourth-order valence-electron chi connectivity index (χ4n) is 2.66.